The molecule has 0 aromatic heterocycles. The summed E-state index contributed by atoms with van der Waals surface area (Å²) in [6.45, 7) is 6.92. The minimum Gasteiger partial charge on any atom is -0.392 e. The highest BCUT2D eigenvalue weighted by molar-refractivity contribution is 5.98. The number of hydrogen-bond donors (Lipinski definition) is 1. The molecular weight excluding hydrogens is 256 g/mol. The van der Waals surface area contributed by atoms with Gasteiger partial charge in [-0.05, 0) is 62.7 Å². The van der Waals surface area contributed by atoms with Gasteiger partial charge < -0.3 is 5.11 Å². The molecule has 3 rings (SSSR count). The number of aliphatic hydroxyl groups is 1. The van der Waals surface area contributed by atoms with E-state index in [-0.39, 0.29) is 12.0 Å². The number of aliphatic hydroxyl groups excluding tert-OH is 1. The van der Waals surface area contributed by atoms with E-state index in [4.69, 9.17) is 0 Å². The summed E-state index contributed by atoms with van der Waals surface area (Å²) in [5.74, 6) is 0. The molecule has 0 spiro atoms. The second-order valence-corrected chi connectivity index (χ2v) is 6.49. The summed E-state index contributed by atoms with van der Waals surface area (Å²) in [4.78, 5) is 0. The van der Waals surface area contributed by atoms with Crippen molar-refractivity contribution in [3.8, 4) is 0 Å². The molecule has 0 saturated carbocycles. The van der Waals surface area contributed by atoms with Crippen LogP contribution in [0.2, 0.25) is 0 Å². The Morgan fingerprint density at radius 2 is 1.43 bits per heavy atom. The monoisotopic (exact) mass is 278 g/mol. The van der Waals surface area contributed by atoms with Crippen molar-refractivity contribution in [1.29, 1.82) is 0 Å². The van der Waals surface area contributed by atoms with Crippen LogP contribution in [0.25, 0.3) is 21.5 Å². The van der Waals surface area contributed by atoms with Gasteiger partial charge in [0.25, 0.3) is 0 Å². The number of benzene rings is 3. The van der Waals surface area contributed by atoms with Gasteiger partial charge in [-0.2, -0.15) is 0 Å². The summed E-state index contributed by atoms with van der Waals surface area (Å²) in [5, 5.41) is 14.2. The minimum atomic E-state index is 0.0948. The Hall–Kier alpha value is -1.86. The van der Waals surface area contributed by atoms with Crippen molar-refractivity contribution in [2.75, 3.05) is 0 Å². The molecule has 0 atom stereocenters. The molecule has 0 amide bonds. The third kappa shape index (κ3) is 2.54. The van der Waals surface area contributed by atoms with Crippen LogP contribution in [0.4, 0.5) is 0 Å². The van der Waals surface area contributed by atoms with Crippen LogP contribution in [0.15, 0.2) is 48.5 Å². The molecular formula is C20H22O. The molecule has 3 aromatic carbocycles. The summed E-state index contributed by atoms with van der Waals surface area (Å²) in [6, 6.07) is 17.4. The third-order valence-electron chi connectivity index (χ3n) is 4.71. The Morgan fingerprint density at radius 3 is 2.05 bits per heavy atom. The second-order valence-electron chi connectivity index (χ2n) is 6.49. The van der Waals surface area contributed by atoms with Crippen LogP contribution in [0.5, 0.6) is 0 Å². The Kier molecular flexibility index (Phi) is 3.46. The van der Waals surface area contributed by atoms with E-state index in [0.717, 1.165) is 12.0 Å². The lowest BCUT2D eigenvalue weighted by molar-refractivity contribution is 0.282. The minimum absolute atomic E-state index is 0.0948. The van der Waals surface area contributed by atoms with Crippen molar-refractivity contribution in [3.63, 3.8) is 0 Å². The highest BCUT2D eigenvalue weighted by atomic mass is 16.3. The zero-order valence-electron chi connectivity index (χ0n) is 13.0. The van der Waals surface area contributed by atoms with E-state index >= 15 is 0 Å². The Bertz CT molecular complexity index is 799. The molecule has 0 heterocycles. The van der Waals surface area contributed by atoms with Crippen molar-refractivity contribution >= 4 is 21.5 Å². The first-order chi connectivity index (χ1) is 10.0. The van der Waals surface area contributed by atoms with Gasteiger partial charge in [0.2, 0.25) is 0 Å². The predicted octanol–water partition coefficient (Wildman–Crippen LogP) is 5.17. The molecule has 0 saturated heterocycles. The van der Waals surface area contributed by atoms with Crippen LogP contribution >= 0.6 is 0 Å². The first kappa shape index (κ1) is 14.1. The van der Waals surface area contributed by atoms with E-state index in [9.17, 15) is 5.11 Å². The Labute approximate surface area is 126 Å². The number of rotatable bonds is 3. The highest BCUT2D eigenvalue weighted by Crippen LogP contribution is 2.31. The summed E-state index contributed by atoms with van der Waals surface area (Å²) in [5.41, 5.74) is 2.57. The molecule has 1 heteroatoms. The third-order valence-corrected chi connectivity index (χ3v) is 4.71. The van der Waals surface area contributed by atoms with Crippen LogP contribution in [0.3, 0.4) is 0 Å². The van der Waals surface area contributed by atoms with Crippen molar-refractivity contribution in [2.24, 2.45) is 0 Å². The van der Waals surface area contributed by atoms with E-state index in [1.54, 1.807) is 0 Å². The molecule has 1 N–H and O–H groups in total. The average Bonchev–Trinajstić information content (AvgIpc) is 2.51. The van der Waals surface area contributed by atoms with Gasteiger partial charge in [-0.25, -0.2) is 0 Å². The molecule has 21 heavy (non-hydrogen) atoms. The Morgan fingerprint density at radius 1 is 0.810 bits per heavy atom. The largest absolute Gasteiger partial charge is 0.392 e. The molecule has 0 aliphatic rings. The number of fused-ring (bicyclic) bond motifs is 2. The fraction of sp³-hybridized carbons (Fsp3) is 0.300. The molecule has 0 unspecified atom stereocenters. The summed E-state index contributed by atoms with van der Waals surface area (Å²) >= 11 is 0. The standard InChI is InChI=1S/C20H22O/c1-4-20(2,3)19-8-7-16-10-17-9-14(13-21)5-6-15(17)11-18(16)12-19/h5-12,21H,4,13H2,1-3H3. The van der Waals surface area contributed by atoms with Crippen LogP contribution in [-0.4, -0.2) is 5.11 Å². The first-order valence-corrected chi connectivity index (χ1v) is 7.61. The van der Waals surface area contributed by atoms with Gasteiger partial charge in [-0.3, -0.25) is 0 Å². The van der Waals surface area contributed by atoms with Crippen molar-refractivity contribution in [2.45, 2.75) is 39.2 Å². The Balaban J connectivity index is 2.20. The maximum absolute atomic E-state index is 9.26. The van der Waals surface area contributed by atoms with Crippen LogP contribution < -0.4 is 0 Å². The van der Waals surface area contributed by atoms with Crippen LogP contribution in [0, 0.1) is 0 Å². The van der Waals surface area contributed by atoms with Crippen molar-refractivity contribution in [1.82, 2.24) is 0 Å². The van der Waals surface area contributed by atoms with Crippen LogP contribution in [0.1, 0.15) is 38.3 Å². The number of hydrogen-bond acceptors (Lipinski definition) is 1. The quantitative estimate of drug-likeness (QED) is 0.655. The predicted molar refractivity (Wildman–Crippen MR) is 90.7 cm³/mol. The van der Waals surface area contributed by atoms with Gasteiger partial charge in [0.1, 0.15) is 0 Å². The van der Waals surface area contributed by atoms with Crippen molar-refractivity contribution in [3.05, 3.63) is 59.7 Å². The molecule has 1 nitrogen and oxygen atoms in total. The summed E-state index contributed by atoms with van der Waals surface area (Å²) in [6.07, 6.45) is 1.13. The van der Waals surface area contributed by atoms with Gasteiger partial charge in [-0.1, -0.05) is 51.1 Å². The maximum atomic E-state index is 9.26. The molecule has 0 bridgehead atoms. The SMILES string of the molecule is CCC(C)(C)c1ccc2cc3cc(CO)ccc3cc2c1. The molecule has 108 valence electrons. The van der Waals surface area contributed by atoms with Gasteiger partial charge in [-0.15, -0.1) is 0 Å². The fourth-order valence-corrected chi connectivity index (χ4v) is 2.77. The van der Waals surface area contributed by atoms with E-state index in [1.807, 2.05) is 6.07 Å². The maximum Gasteiger partial charge on any atom is 0.0682 e. The molecule has 3 aromatic rings. The van der Waals surface area contributed by atoms with Gasteiger partial charge in [0.15, 0.2) is 0 Å². The zero-order chi connectivity index (χ0) is 15.0. The highest BCUT2D eigenvalue weighted by Gasteiger charge is 2.18. The second kappa shape index (κ2) is 5.16. The molecule has 0 aliphatic carbocycles. The lowest BCUT2D eigenvalue weighted by atomic mass is 9.81. The van der Waals surface area contributed by atoms with E-state index in [2.05, 4.69) is 63.2 Å². The molecule has 0 radical (unpaired) electrons. The van der Waals surface area contributed by atoms with E-state index in [1.165, 1.54) is 27.1 Å². The zero-order valence-corrected chi connectivity index (χ0v) is 13.0. The molecule has 0 aliphatic heterocycles. The van der Waals surface area contributed by atoms with Crippen molar-refractivity contribution < 1.29 is 5.11 Å². The van der Waals surface area contributed by atoms with E-state index < -0.39 is 0 Å². The first-order valence-electron chi connectivity index (χ1n) is 7.61. The normalized spacial score (nSPS) is 12.2. The topological polar surface area (TPSA) is 20.2 Å². The van der Waals surface area contributed by atoms with Gasteiger partial charge in [0, 0.05) is 0 Å². The summed E-state index contributed by atoms with van der Waals surface area (Å²) < 4.78 is 0. The fourth-order valence-electron chi connectivity index (χ4n) is 2.77. The average molecular weight is 278 g/mol. The smallest absolute Gasteiger partial charge is 0.0682 e. The van der Waals surface area contributed by atoms with Crippen LogP contribution in [-0.2, 0) is 12.0 Å². The lowest BCUT2D eigenvalue weighted by Gasteiger charge is -2.23. The van der Waals surface area contributed by atoms with Gasteiger partial charge in [0.05, 0.1) is 6.61 Å². The lowest BCUT2D eigenvalue weighted by Crippen LogP contribution is -2.15. The van der Waals surface area contributed by atoms with E-state index in [0.29, 0.717) is 0 Å². The van der Waals surface area contributed by atoms with Gasteiger partial charge >= 0.3 is 0 Å². The summed E-state index contributed by atoms with van der Waals surface area (Å²) in [7, 11) is 0. The molecule has 0 fully saturated rings.